The van der Waals surface area contributed by atoms with E-state index in [9.17, 15) is 0 Å². The zero-order chi connectivity index (χ0) is 20.6. The summed E-state index contributed by atoms with van der Waals surface area (Å²) in [5, 5.41) is 2.67. The molecule has 0 unspecified atom stereocenters. The molecule has 0 heteroatoms. The fourth-order valence-corrected chi connectivity index (χ4v) is 2.53. The van der Waals surface area contributed by atoms with Crippen molar-refractivity contribution < 1.29 is 0 Å². The number of hydrogen-bond donors (Lipinski definition) is 0. The Morgan fingerprint density at radius 2 is 0.794 bits per heavy atom. The van der Waals surface area contributed by atoms with Crippen molar-refractivity contribution in [3.05, 3.63) is 120 Å². The van der Waals surface area contributed by atoms with Gasteiger partial charge in [-0.1, -0.05) is 180 Å². The van der Waals surface area contributed by atoms with Crippen molar-refractivity contribution in [2.45, 2.75) is 85.6 Å². The van der Waals surface area contributed by atoms with Gasteiger partial charge in [-0.05, 0) is 36.6 Å². The molecule has 34 heavy (non-hydrogen) atoms. The van der Waals surface area contributed by atoms with Crippen LogP contribution in [0.4, 0.5) is 0 Å². The molecule has 0 fully saturated rings. The van der Waals surface area contributed by atoms with E-state index in [1.54, 1.807) is 0 Å². The van der Waals surface area contributed by atoms with Crippen molar-refractivity contribution in [2.24, 2.45) is 0 Å². The van der Waals surface area contributed by atoms with Gasteiger partial charge in [-0.2, -0.15) is 0 Å². The fraction of sp³-hybridized carbons (Fsp3) is 0.353. The standard InChI is InChI=1S/C12H12.2C7H8.C2H6.6CH4/c1-2-10-7-8-11-5-3-4-6-12(11)9-10;2*1-7-5-3-2-4-6-7;1-2;;;;;;/h3-9H,2H2,1H3;2*2-6H,1H3;1-2H3;6*1H4. The second kappa shape index (κ2) is 28.2. The van der Waals surface area contributed by atoms with Gasteiger partial charge in [-0.15, -0.1) is 0 Å². The van der Waals surface area contributed by atoms with Gasteiger partial charge in [0.1, 0.15) is 0 Å². The Morgan fingerprint density at radius 1 is 0.441 bits per heavy atom. The van der Waals surface area contributed by atoms with E-state index in [2.05, 4.69) is 87.5 Å². The lowest BCUT2D eigenvalue weighted by atomic mass is 10.1. The van der Waals surface area contributed by atoms with Gasteiger partial charge in [0.25, 0.3) is 0 Å². The van der Waals surface area contributed by atoms with Gasteiger partial charge in [-0.3, -0.25) is 0 Å². The molecule has 0 saturated carbocycles. The van der Waals surface area contributed by atoms with Crippen LogP contribution in [0.15, 0.2) is 103 Å². The van der Waals surface area contributed by atoms with Gasteiger partial charge in [-0.25, -0.2) is 0 Å². The largest absolute Gasteiger partial charge is 0.0776 e. The SMILES string of the molecule is C.C.C.C.C.C.CC.CCc1ccc2ccccc2c1.Cc1ccccc1.Cc1ccccc1. The summed E-state index contributed by atoms with van der Waals surface area (Å²) in [5.74, 6) is 0. The number of aryl methyl sites for hydroxylation is 3. The first-order chi connectivity index (χ1) is 13.7. The molecule has 0 nitrogen and oxygen atoms in total. The lowest BCUT2D eigenvalue weighted by Crippen LogP contribution is -1.79. The Hall–Kier alpha value is -2.86. The summed E-state index contributed by atoms with van der Waals surface area (Å²) < 4.78 is 0. The maximum Gasteiger partial charge on any atom is -0.0181 e. The molecule has 4 aromatic carbocycles. The lowest BCUT2D eigenvalue weighted by Gasteiger charge is -1.99. The van der Waals surface area contributed by atoms with Gasteiger partial charge in [0.05, 0.1) is 0 Å². The molecule has 0 aromatic heterocycles. The zero-order valence-electron chi connectivity index (χ0n) is 18.0. The highest BCUT2D eigenvalue weighted by Gasteiger charge is 1.92. The second-order valence-electron chi connectivity index (χ2n) is 6.34. The van der Waals surface area contributed by atoms with E-state index in [4.69, 9.17) is 0 Å². The molecule has 4 rings (SSSR count). The molecule has 0 N–H and O–H groups in total. The van der Waals surface area contributed by atoms with Crippen molar-refractivity contribution in [3.8, 4) is 0 Å². The molecular weight excluding hydrogens is 408 g/mol. The van der Waals surface area contributed by atoms with Gasteiger partial charge < -0.3 is 0 Å². The molecule has 0 heterocycles. The third-order valence-electron chi connectivity index (χ3n) is 4.10. The predicted molar refractivity (Wildman–Crippen MR) is 167 cm³/mol. The molecule has 0 aliphatic heterocycles. The predicted octanol–water partition coefficient (Wildman–Crippen LogP) is 12.2. The van der Waals surface area contributed by atoms with Crippen molar-refractivity contribution in [2.75, 3.05) is 0 Å². The molecule has 0 aliphatic carbocycles. The number of benzene rings is 4. The quantitative estimate of drug-likeness (QED) is 0.261. The van der Waals surface area contributed by atoms with Crippen LogP contribution in [0.2, 0.25) is 0 Å². The summed E-state index contributed by atoms with van der Waals surface area (Å²) >= 11 is 0. The van der Waals surface area contributed by atoms with Gasteiger partial charge in [0.15, 0.2) is 0 Å². The highest BCUT2D eigenvalue weighted by atomic mass is 14.0. The van der Waals surface area contributed by atoms with E-state index in [1.807, 2.05) is 50.2 Å². The summed E-state index contributed by atoms with van der Waals surface area (Å²) in [6, 6.07) is 35.6. The van der Waals surface area contributed by atoms with Crippen LogP contribution in [0.3, 0.4) is 0 Å². The Morgan fingerprint density at radius 3 is 1.12 bits per heavy atom. The van der Waals surface area contributed by atoms with Gasteiger partial charge >= 0.3 is 0 Å². The molecule has 0 spiro atoms. The van der Waals surface area contributed by atoms with Crippen LogP contribution in [0.25, 0.3) is 10.8 Å². The Balaban J connectivity index is -0.0000000798. The lowest BCUT2D eigenvalue weighted by molar-refractivity contribution is 1.15. The molecule has 0 bridgehead atoms. The van der Waals surface area contributed by atoms with Crippen LogP contribution in [0.5, 0.6) is 0 Å². The Kier molecular flexibility index (Phi) is 37.1. The van der Waals surface area contributed by atoms with E-state index in [1.165, 1.54) is 27.5 Å². The zero-order valence-corrected chi connectivity index (χ0v) is 18.0. The van der Waals surface area contributed by atoms with Crippen molar-refractivity contribution in [1.82, 2.24) is 0 Å². The summed E-state index contributed by atoms with van der Waals surface area (Å²) in [6.45, 7) is 10.4. The van der Waals surface area contributed by atoms with E-state index in [0.29, 0.717) is 0 Å². The highest BCUT2D eigenvalue weighted by Crippen LogP contribution is 2.15. The first kappa shape index (κ1) is 44.8. The molecular formula is C34H58. The van der Waals surface area contributed by atoms with E-state index in [0.717, 1.165) is 6.42 Å². The minimum absolute atomic E-state index is 0. The van der Waals surface area contributed by atoms with Crippen LogP contribution in [-0.4, -0.2) is 0 Å². The van der Waals surface area contributed by atoms with Crippen molar-refractivity contribution >= 4 is 10.8 Å². The van der Waals surface area contributed by atoms with Crippen LogP contribution >= 0.6 is 0 Å². The minimum Gasteiger partial charge on any atom is -0.0776 e. The third-order valence-corrected chi connectivity index (χ3v) is 4.10. The monoisotopic (exact) mass is 466 g/mol. The number of hydrogen-bond acceptors (Lipinski definition) is 0. The highest BCUT2D eigenvalue weighted by molar-refractivity contribution is 5.82. The number of fused-ring (bicyclic) bond motifs is 1. The maximum atomic E-state index is 2.26. The van der Waals surface area contributed by atoms with Gasteiger partial charge in [0.2, 0.25) is 0 Å². The van der Waals surface area contributed by atoms with Crippen LogP contribution < -0.4 is 0 Å². The first-order valence-electron chi connectivity index (χ1n) is 10.2. The van der Waals surface area contributed by atoms with E-state index in [-0.39, 0.29) is 44.6 Å². The van der Waals surface area contributed by atoms with E-state index < -0.39 is 0 Å². The second-order valence-corrected chi connectivity index (χ2v) is 6.34. The summed E-state index contributed by atoms with van der Waals surface area (Å²) in [5.41, 5.74) is 4.05. The van der Waals surface area contributed by atoms with Crippen molar-refractivity contribution in [3.63, 3.8) is 0 Å². The summed E-state index contributed by atoms with van der Waals surface area (Å²) in [6.07, 6.45) is 1.12. The molecule has 4 aromatic rings. The molecule has 0 saturated heterocycles. The average molecular weight is 467 g/mol. The molecule has 0 amide bonds. The maximum absolute atomic E-state index is 2.26. The summed E-state index contributed by atoms with van der Waals surface area (Å²) in [7, 11) is 0. The minimum atomic E-state index is 0. The van der Waals surface area contributed by atoms with E-state index >= 15 is 0 Å². The Labute approximate surface area is 216 Å². The summed E-state index contributed by atoms with van der Waals surface area (Å²) in [4.78, 5) is 0. The number of rotatable bonds is 1. The molecule has 0 aliphatic rings. The van der Waals surface area contributed by atoms with Crippen LogP contribution in [0, 0.1) is 13.8 Å². The molecule has 0 atom stereocenters. The fourth-order valence-electron chi connectivity index (χ4n) is 2.53. The normalized spacial score (nSPS) is 7.44. The average Bonchev–Trinajstić information content (AvgIpc) is 2.77. The van der Waals surface area contributed by atoms with Crippen LogP contribution in [0.1, 0.15) is 82.0 Å². The van der Waals surface area contributed by atoms with Crippen LogP contribution in [-0.2, 0) is 6.42 Å². The first-order valence-corrected chi connectivity index (χ1v) is 10.2. The third kappa shape index (κ3) is 18.7. The Bertz CT molecular complexity index is 840. The topological polar surface area (TPSA) is 0 Å². The molecule has 0 radical (unpaired) electrons. The molecule has 194 valence electrons. The van der Waals surface area contributed by atoms with Gasteiger partial charge in [0, 0.05) is 0 Å². The smallest absolute Gasteiger partial charge is 0.0181 e. The van der Waals surface area contributed by atoms with Crippen molar-refractivity contribution in [1.29, 1.82) is 0 Å².